The Morgan fingerprint density at radius 2 is 1.93 bits per heavy atom. The van der Waals surface area contributed by atoms with Crippen molar-refractivity contribution in [2.75, 3.05) is 5.32 Å². The largest absolute Gasteiger partial charge is 0.311 e. The number of nitro benzene ring substituents is 1. The third-order valence-corrected chi connectivity index (χ3v) is 3.98. The van der Waals surface area contributed by atoms with Crippen molar-refractivity contribution >= 4 is 17.4 Å². The van der Waals surface area contributed by atoms with Crippen LogP contribution >= 0.6 is 0 Å². The number of rotatable bonds is 6. The number of anilines is 1. The number of carbonyl (C=O) groups excluding carboxylic acids is 1. The summed E-state index contributed by atoms with van der Waals surface area (Å²) in [5.74, 6) is -0.168. The molecule has 1 aromatic heterocycles. The van der Waals surface area contributed by atoms with Crippen LogP contribution in [0.15, 0.2) is 54.6 Å². The van der Waals surface area contributed by atoms with E-state index in [1.807, 2.05) is 0 Å². The van der Waals surface area contributed by atoms with E-state index in [1.54, 1.807) is 43.3 Å². The molecule has 3 rings (SSSR count). The molecule has 0 saturated carbocycles. The topological polar surface area (TPSA) is 90.1 Å². The van der Waals surface area contributed by atoms with Gasteiger partial charge < -0.3 is 5.32 Å². The summed E-state index contributed by atoms with van der Waals surface area (Å²) in [7, 11) is 0. The van der Waals surface area contributed by atoms with Gasteiger partial charge in [-0.1, -0.05) is 18.2 Å². The minimum absolute atomic E-state index is 0.0295. The summed E-state index contributed by atoms with van der Waals surface area (Å²) in [6.45, 7) is 1.77. The molecule has 0 saturated heterocycles. The van der Waals surface area contributed by atoms with Crippen molar-refractivity contribution in [1.29, 1.82) is 0 Å². The Labute approximate surface area is 154 Å². The number of amides is 1. The average Bonchev–Trinajstić information content (AvgIpc) is 3.01. The maximum atomic E-state index is 13.7. The van der Waals surface area contributed by atoms with Gasteiger partial charge in [0.2, 0.25) is 5.91 Å². The van der Waals surface area contributed by atoms with E-state index >= 15 is 0 Å². The van der Waals surface area contributed by atoms with Crippen LogP contribution in [0, 0.1) is 22.9 Å². The maximum absolute atomic E-state index is 13.7. The van der Waals surface area contributed by atoms with Crippen LogP contribution in [0.5, 0.6) is 0 Å². The lowest BCUT2D eigenvalue weighted by atomic mass is 10.1. The number of hydrogen-bond acceptors (Lipinski definition) is 4. The van der Waals surface area contributed by atoms with Gasteiger partial charge in [-0.15, -0.1) is 0 Å². The van der Waals surface area contributed by atoms with Crippen molar-refractivity contribution in [3.63, 3.8) is 0 Å². The van der Waals surface area contributed by atoms with Crippen molar-refractivity contribution < 1.29 is 14.1 Å². The van der Waals surface area contributed by atoms with Gasteiger partial charge >= 0.3 is 0 Å². The quantitative estimate of drug-likeness (QED) is 0.529. The Balaban J connectivity index is 1.73. The lowest BCUT2D eigenvalue weighted by molar-refractivity contribution is -0.384. The summed E-state index contributed by atoms with van der Waals surface area (Å²) in [6, 6.07) is 13.9. The van der Waals surface area contributed by atoms with Crippen molar-refractivity contribution in [3.8, 4) is 5.69 Å². The second-order valence-corrected chi connectivity index (χ2v) is 6.00. The molecule has 3 aromatic rings. The first-order valence-corrected chi connectivity index (χ1v) is 8.29. The van der Waals surface area contributed by atoms with Crippen LogP contribution in [0.3, 0.4) is 0 Å². The summed E-state index contributed by atoms with van der Waals surface area (Å²) in [4.78, 5) is 22.6. The van der Waals surface area contributed by atoms with E-state index < -0.39 is 4.92 Å². The summed E-state index contributed by atoms with van der Waals surface area (Å²) >= 11 is 0. The Morgan fingerprint density at radius 1 is 1.22 bits per heavy atom. The lowest BCUT2D eigenvalue weighted by Crippen LogP contribution is -2.15. The van der Waals surface area contributed by atoms with Crippen LogP contribution in [0.4, 0.5) is 15.9 Å². The lowest BCUT2D eigenvalue weighted by Gasteiger charge is -2.09. The number of aromatic nitrogens is 2. The van der Waals surface area contributed by atoms with Crippen molar-refractivity contribution in [3.05, 3.63) is 81.8 Å². The molecule has 0 radical (unpaired) electrons. The van der Waals surface area contributed by atoms with Crippen LogP contribution in [0.1, 0.15) is 17.7 Å². The standard InChI is InChI=1S/C19H17FN4O3/c1-13-12-18(21-19(25)11-6-14-4-2-3-5-17(14)20)23(22-13)15-7-9-16(10-8-15)24(26)27/h2-5,7-10,12H,6,11H2,1H3,(H,21,25). The predicted molar refractivity (Wildman–Crippen MR) is 98.3 cm³/mol. The van der Waals surface area contributed by atoms with Gasteiger partial charge in [0.25, 0.3) is 5.69 Å². The third-order valence-electron chi connectivity index (χ3n) is 3.98. The molecule has 0 unspecified atom stereocenters. The molecule has 138 valence electrons. The van der Waals surface area contributed by atoms with E-state index in [2.05, 4.69) is 10.4 Å². The highest BCUT2D eigenvalue weighted by Gasteiger charge is 2.13. The number of halogens is 1. The van der Waals surface area contributed by atoms with Crippen LogP contribution < -0.4 is 5.32 Å². The molecule has 1 heterocycles. The van der Waals surface area contributed by atoms with Crippen molar-refractivity contribution in [2.24, 2.45) is 0 Å². The fourth-order valence-corrected chi connectivity index (χ4v) is 2.66. The number of benzene rings is 2. The highest BCUT2D eigenvalue weighted by molar-refractivity contribution is 5.90. The van der Waals surface area contributed by atoms with Gasteiger partial charge in [-0.25, -0.2) is 9.07 Å². The Kier molecular flexibility index (Phi) is 5.25. The first-order valence-electron chi connectivity index (χ1n) is 8.29. The summed E-state index contributed by atoms with van der Waals surface area (Å²) in [6.07, 6.45) is 0.397. The number of non-ortho nitro benzene ring substituents is 1. The number of nitrogens with one attached hydrogen (secondary N) is 1. The normalized spacial score (nSPS) is 10.6. The highest BCUT2D eigenvalue weighted by Crippen LogP contribution is 2.20. The maximum Gasteiger partial charge on any atom is 0.269 e. The SMILES string of the molecule is Cc1cc(NC(=O)CCc2ccccc2F)n(-c2ccc([N+](=O)[O-])cc2)n1. The number of aryl methyl sites for hydroxylation is 2. The Hall–Kier alpha value is -3.55. The fourth-order valence-electron chi connectivity index (χ4n) is 2.66. The van der Waals surface area contributed by atoms with Gasteiger partial charge in [0.15, 0.2) is 0 Å². The smallest absolute Gasteiger partial charge is 0.269 e. The number of hydrogen-bond donors (Lipinski definition) is 1. The van der Waals surface area contributed by atoms with Gasteiger partial charge in [0.1, 0.15) is 11.6 Å². The summed E-state index contributed by atoms with van der Waals surface area (Å²) in [5.41, 5.74) is 1.71. The molecule has 0 spiro atoms. The molecule has 1 N–H and O–H groups in total. The van der Waals surface area contributed by atoms with E-state index in [9.17, 15) is 19.3 Å². The van der Waals surface area contributed by atoms with Gasteiger partial charge in [-0.2, -0.15) is 5.10 Å². The minimum Gasteiger partial charge on any atom is -0.311 e. The first kappa shape index (κ1) is 18.2. The zero-order valence-corrected chi connectivity index (χ0v) is 14.6. The van der Waals surface area contributed by atoms with Crippen LogP contribution in [-0.4, -0.2) is 20.6 Å². The van der Waals surface area contributed by atoms with E-state index in [1.165, 1.54) is 22.9 Å². The third kappa shape index (κ3) is 4.35. The van der Waals surface area contributed by atoms with E-state index in [-0.39, 0.29) is 30.3 Å². The molecule has 7 nitrogen and oxygen atoms in total. The molecular formula is C19H17FN4O3. The van der Waals surface area contributed by atoms with Gasteiger partial charge in [0.05, 0.1) is 16.3 Å². The minimum atomic E-state index is -0.483. The molecule has 2 aromatic carbocycles. The fraction of sp³-hybridized carbons (Fsp3) is 0.158. The van der Waals surface area contributed by atoms with E-state index in [0.29, 0.717) is 22.8 Å². The molecule has 0 fully saturated rings. The molecule has 0 atom stereocenters. The van der Waals surface area contributed by atoms with Gasteiger partial charge in [-0.3, -0.25) is 14.9 Å². The number of nitro groups is 1. The van der Waals surface area contributed by atoms with E-state index in [0.717, 1.165) is 0 Å². The van der Waals surface area contributed by atoms with Crippen LogP contribution in [0.25, 0.3) is 5.69 Å². The molecule has 1 amide bonds. The zero-order chi connectivity index (χ0) is 19.4. The molecule has 0 bridgehead atoms. The number of nitrogens with zero attached hydrogens (tertiary/aromatic N) is 3. The van der Waals surface area contributed by atoms with Crippen molar-refractivity contribution in [2.45, 2.75) is 19.8 Å². The molecule has 8 heteroatoms. The first-order chi connectivity index (χ1) is 12.9. The Bertz CT molecular complexity index is 983. The Morgan fingerprint density at radius 3 is 2.59 bits per heavy atom. The average molecular weight is 368 g/mol. The molecule has 27 heavy (non-hydrogen) atoms. The predicted octanol–water partition coefficient (Wildman–Crippen LogP) is 3.80. The molecular weight excluding hydrogens is 351 g/mol. The second kappa shape index (κ2) is 7.77. The van der Waals surface area contributed by atoms with Gasteiger partial charge in [0, 0.05) is 24.6 Å². The second-order valence-electron chi connectivity index (χ2n) is 6.00. The van der Waals surface area contributed by atoms with E-state index in [4.69, 9.17) is 0 Å². The van der Waals surface area contributed by atoms with Gasteiger partial charge in [-0.05, 0) is 37.1 Å². The molecule has 0 aliphatic heterocycles. The van der Waals surface area contributed by atoms with Crippen molar-refractivity contribution in [1.82, 2.24) is 9.78 Å². The highest BCUT2D eigenvalue weighted by atomic mass is 19.1. The van der Waals surface area contributed by atoms with Crippen LogP contribution in [0.2, 0.25) is 0 Å². The molecule has 0 aliphatic carbocycles. The summed E-state index contributed by atoms with van der Waals surface area (Å²) < 4.78 is 15.2. The monoisotopic (exact) mass is 368 g/mol. The molecule has 0 aliphatic rings. The zero-order valence-electron chi connectivity index (χ0n) is 14.6. The summed E-state index contributed by atoms with van der Waals surface area (Å²) in [5, 5.41) is 17.9. The van der Waals surface area contributed by atoms with Crippen LogP contribution in [-0.2, 0) is 11.2 Å². The number of carbonyl (C=O) groups is 1.